The Morgan fingerprint density at radius 2 is 2.03 bits per heavy atom. The standard InChI is InChI=1S/C19H16F3N5O2/c1-3-18(29,19(20,21)22)17-10-27(26-25-17)9-12-4-5-14-15(11(2)28)7-13(8-23)24-16(14)6-12/h4-7,10,29H,3,9H2,1-2H3/t18-/m0/s1. The highest BCUT2D eigenvalue weighted by Gasteiger charge is 2.55. The lowest BCUT2D eigenvalue weighted by molar-refractivity contribution is -0.269. The molecule has 0 radical (unpaired) electrons. The number of rotatable bonds is 5. The molecule has 0 aliphatic rings. The minimum Gasteiger partial charge on any atom is -0.375 e. The summed E-state index contributed by atoms with van der Waals surface area (Å²) in [6.45, 7) is 2.66. The second-order valence-electron chi connectivity index (χ2n) is 6.59. The van der Waals surface area contributed by atoms with Crippen LogP contribution in [0.2, 0.25) is 0 Å². The van der Waals surface area contributed by atoms with Crippen LogP contribution in [-0.2, 0) is 12.1 Å². The Labute approximate surface area is 163 Å². The molecule has 10 heteroatoms. The summed E-state index contributed by atoms with van der Waals surface area (Å²) >= 11 is 0. The number of Topliss-reactive ketones (excluding diaryl/α,β-unsaturated/α-hetero) is 1. The number of benzene rings is 1. The van der Waals surface area contributed by atoms with Crippen LogP contribution in [0.4, 0.5) is 13.2 Å². The van der Waals surface area contributed by atoms with E-state index in [-0.39, 0.29) is 18.0 Å². The van der Waals surface area contributed by atoms with Gasteiger partial charge in [-0.2, -0.15) is 18.4 Å². The van der Waals surface area contributed by atoms with Gasteiger partial charge in [0.25, 0.3) is 0 Å². The van der Waals surface area contributed by atoms with Crippen LogP contribution in [-0.4, -0.2) is 37.0 Å². The van der Waals surface area contributed by atoms with Crippen LogP contribution >= 0.6 is 0 Å². The second kappa shape index (κ2) is 7.25. The molecule has 0 amide bonds. The minimum absolute atomic E-state index is 0.0639. The number of carbonyl (C=O) groups is 1. The van der Waals surface area contributed by atoms with Crippen LogP contribution in [0.1, 0.15) is 47.6 Å². The normalized spacial score (nSPS) is 13.8. The number of nitriles is 1. The molecule has 3 aromatic rings. The van der Waals surface area contributed by atoms with Gasteiger partial charge in [0, 0.05) is 10.9 Å². The van der Waals surface area contributed by atoms with Crippen molar-refractivity contribution in [3.8, 4) is 6.07 Å². The predicted octanol–water partition coefficient (Wildman–Crippen LogP) is 3.11. The van der Waals surface area contributed by atoms with Crippen LogP contribution < -0.4 is 0 Å². The fraction of sp³-hybridized carbons (Fsp3) is 0.316. The number of aliphatic hydroxyl groups is 1. The first kappa shape index (κ1) is 20.4. The van der Waals surface area contributed by atoms with E-state index in [0.717, 1.165) is 6.20 Å². The maximum absolute atomic E-state index is 13.2. The van der Waals surface area contributed by atoms with Gasteiger partial charge in [-0.3, -0.25) is 4.79 Å². The highest BCUT2D eigenvalue weighted by atomic mass is 19.4. The molecule has 0 unspecified atom stereocenters. The zero-order valence-corrected chi connectivity index (χ0v) is 15.5. The molecule has 1 N–H and O–H groups in total. The number of aromatic nitrogens is 4. The number of hydrogen-bond acceptors (Lipinski definition) is 6. The molecule has 29 heavy (non-hydrogen) atoms. The first-order valence-electron chi connectivity index (χ1n) is 8.63. The summed E-state index contributed by atoms with van der Waals surface area (Å²) in [4.78, 5) is 16.0. The molecule has 0 fully saturated rings. The van der Waals surface area contributed by atoms with Crippen molar-refractivity contribution in [3.63, 3.8) is 0 Å². The van der Waals surface area contributed by atoms with Crippen molar-refractivity contribution in [2.24, 2.45) is 0 Å². The molecule has 150 valence electrons. The van der Waals surface area contributed by atoms with Crippen molar-refractivity contribution in [3.05, 3.63) is 53.0 Å². The van der Waals surface area contributed by atoms with Gasteiger partial charge in [-0.1, -0.05) is 24.3 Å². The molecule has 7 nitrogen and oxygen atoms in total. The number of alkyl halides is 3. The van der Waals surface area contributed by atoms with E-state index in [1.54, 1.807) is 18.2 Å². The number of halogens is 3. The molecule has 0 aliphatic carbocycles. The van der Waals surface area contributed by atoms with Crippen molar-refractivity contribution in [2.75, 3.05) is 0 Å². The van der Waals surface area contributed by atoms with Crippen molar-refractivity contribution in [1.29, 1.82) is 5.26 Å². The Morgan fingerprint density at radius 3 is 2.62 bits per heavy atom. The van der Waals surface area contributed by atoms with E-state index in [4.69, 9.17) is 5.26 Å². The highest BCUT2D eigenvalue weighted by Crippen LogP contribution is 2.40. The van der Waals surface area contributed by atoms with Crippen LogP contribution in [0.25, 0.3) is 10.9 Å². The lowest BCUT2D eigenvalue weighted by Crippen LogP contribution is -2.42. The van der Waals surface area contributed by atoms with E-state index in [0.29, 0.717) is 22.0 Å². The van der Waals surface area contributed by atoms with Gasteiger partial charge in [-0.15, -0.1) is 5.10 Å². The lowest BCUT2D eigenvalue weighted by Gasteiger charge is -2.26. The smallest absolute Gasteiger partial charge is 0.375 e. The van der Waals surface area contributed by atoms with Gasteiger partial charge in [-0.25, -0.2) is 9.67 Å². The Hall–Kier alpha value is -3.32. The number of nitrogens with zero attached hydrogens (tertiary/aromatic N) is 5. The zero-order chi connectivity index (χ0) is 21.4. The van der Waals surface area contributed by atoms with Crippen LogP contribution in [0, 0.1) is 11.3 Å². The van der Waals surface area contributed by atoms with Crippen molar-refractivity contribution in [1.82, 2.24) is 20.0 Å². The molecule has 2 aromatic heterocycles. The molecule has 3 rings (SSSR count). The minimum atomic E-state index is -4.88. The van der Waals surface area contributed by atoms with Gasteiger partial charge in [-0.05, 0) is 31.0 Å². The third-order valence-electron chi connectivity index (χ3n) is 4.66. The quantitative estimate of drug-likeness (QED) is 0.657. The zero-order valence-electron chi connectivity index (χ0n) is 15.5. The second-order valence-corrected chi connectivity index (χ2v) is 6.59. The van der Waals surface area contributed by atoms with E-state index in [2.05, 4.69) is 15.3 Å². The van der Waals surface area contributed by atoms with E-state index in [9.17, 15) is 23.1 Å². The molecule has 0 aliphatic heterocycles. The fourth-order valence-corrected chi connectivity index (χ4v) is 3.00. The predicted molar refractivity (Wildman–Crippen MR) is 95.8 cm³/mol. The number of hydrogen-bond donors (Lipinski definition) is 1. The third kappa shape index (κ3) is 3.69. The Morgan fingerprint density at radius 1 is 1.31 bits per heavy atom. The molecule has 1 atom stereocenters. The SMILES string of the molecule is CC[C@](O)(c1cn(Cc2ccc3c(C(C)=O)cc(C#N)nc3c2)nn1)C(F)(F)F. The average molecular weight is 403 g/mol. The largest absolute Gasteiger partial charge is 0.423 e. The number of pyridine rings is 1. The molecule has 0 bridgehead atoms. The highest BCUT2D eigenvalue weighted by molar-refractivity contribution is 6.06. The van der Waals surface area contributed by atoms with E-state index in [1.807, 2.05) is 6.07 Å². The molecule has 1 aromatic carbocycles. The topological polar surface area (TPSA) is 105 Å². The van der Waals surface area contributed by atoms with Gasteiger partial charge in [0.05, 0.1) is 18.3 Å². The third-order valence-corrected chi connectivity index (χ3v) is 4.66. The Kier molecular flexibility index (Phi) is 5.11. The van der Waals surface area contributed by atoms with Gasteiger partial charge >= 0.3 is 6.18 Å². The van der Waals surface area contributed by atoms with Gasteiger partial charge < -0.3 is 5.11 Å². The lowest BCUT2D eigenvalue weighted by atomic mass is 9.96. The summed E-state index contributed by atoms with van der Waals surface area (Å²) in [5, 5.41) is 26.8. The molecular weight excluding hydrogens is 387 g/mol. The monoisotopic (exact) mass is 403 g/mol. The first-order chi connectivity index (χ1) is 13.6. The van der Waals surface area contributed by atoms with Crippen molar-refractivity contribution in [2.45, 2.75) is 38.6 Å². The fourth-order valence-electron chi connectivity index (χ4n) is 3.00. The summed E-state index contributed by atoms with van der Waals surface area (Å²) in [5.74, 6) is -0.214. The molecule has 0 spiro atoms. The molecule has 0 saturated carbocycles. The van der Waals surface area contributed by atoms with Gasteiger partial charge in [0.2, 0.25) is 5.60 Å². The molecule has 0 saturated heterocycles. The van der Waals surface area contributed by atoms with Crippen LogP contribution in [0.3, 0.4) is 0 Å². The van der Waals surface area contributed by atoms with E-state index < -0.39 is 23.9 Å². The first-order valence-corrected chi connectivity index (χ1v) is 8.63. The van der Waals surface area contributed by atoms with E-state index >= 15 is 0 Å². The number of fused-ring (bicyclic) bond motifs is 1. The van der Waals surface area contributed by atoms with Crippen molar-refractivity contribution < 1.29 is 23.1 Å². The summed E-state index contributed by atoms with van der Waals surface area (Å²) in [7, 11) is 0. The van der Waals surface area contributed by atoms with Gasteiger partial charge in [0.1, 0.15) is 17.5 Å². The summed E-state index contributed by atoms with van der Waals surface area (Å²) in [5.41, 5.74) is -2.18. The van der Waals surface area contributed by atoms with Crippen molar-refractivity contribution >= 4 is 16.7 Å². The Bertz CT molecular complexity index is 1130. The summed E-state index contributed by atoms with van der Waals surface area (Å²) < 4.78 is 40.7. The molecular formula is C19H16F3N5O2. The van der Waals surface area contributed by atoms with Crippen LogP contribution in [0.15, 0.2) is 30.5 Å². The van der Waals surface area contributed by atoms with Crippen LogP contribution in [0.5, 0.6) is 0 Å². The van der Waals surface area contributed by atoms with Gasteiger partial charge in [0.15, 0.2) is 5.78 Å². The van der Waals surface area contributed by atoms with E-state index in [1.165, 1.54) is 24.6 Å². The maximum Gasteiger partial charge on any atom is 0.423 e. The Balaban J connectivity index is 1.97. The summed E-state index contributed by atoms with van der Waals surface area (Å²) in [6.07, 6.45) is -4.44. The summed E-state index contributed by atoms with van der Waals surface area (Å²) in [6, 6.07) is 8.28. The maximum atomic E-state index is 13.2. The number of carbonyl (C=O) groups excluding carboxylic acids is 1. The average Bonchev–Trinajstić information content (AvgIpc) is 3.13. The molecule has 2 heterocycles. The number of ketones is 1.